The summed E-state index contributed by atoms with van der Waals surface area (Å²) in [7, 11) is 0. The van der Waals surface area contributed by atoms with Gasteiger partial charge >= 0.3 is 18.1 Å². The Morgan fingerprint density at radius 3 is 2.04 bits per heavy atom. The van der Waals surface area contributed by atoms with E-state index in [0.717, 1.165) is 11.1 Å². The van der Waals surface area contributed by atoms with Gasteiger partial charge in [-0.3, -0.25) is 29.0 Å². The number of aliphatic imine (C=N–C) groups is 1. The number of guanidine groups is 1. The maximum atomic E-state index is 13.7. The molecule has 15 nitrogen and oxygen atoms in total. The van der Waals surface area contributed by atoms with Gasteiger partial charge in [0.1, 0.15) is 18.1 Å². The summed E-state index contributed by atoms with van der Waals surface area (Å²) in [5.41, 5.74) is 12.7. The second-order valence-electron chi connectivity index (χ2n) is 13.0. The second kappa shape index (κ2) is 20.5. The Balaban J connectivity index is 0.00000102. The first kappa shape index (κ1) is 42.7. The van der Waals surface area contributed by atoms with Crippen molar-refractivity contribution >= 4 is 41.5 Å². The Labute approximate surface area is 309 Å². The Morgan fingerprint density at radius 1 is 0.870 bits per heavy atom. The van der Waals surface area contributed by atoms with Crippen LogP contribution in [0.25, 0.3) is 0 Å². The molecule has 294 valence electrons. The standard InChI is InChI=1S/C34H45N7O6.C2HF3O2/c35-34(36)37-19-7-12-26(31(45)38-24(21-30(43)44)14-13-22-8-3-1-4-9-22)40-32(46)28-18-16-25-15-17-27(33(47)41(25)28)39-29(42)20-23-10-5-2-6-11-23;3-2(4,5)1(6)7/h1-6,8-11,24-28H,7,12-21H2,(H,38,45)(H,39,42)(H,40,46)(H,43,44)(H4,35,36,37);(H,6,7)/t24-,25?,26?,27?,28+;/m1./s1. The lowest BCUT2D eigenvalue weighted by Gasteiger charge is -2.38. The molecule has 2 aliphatic rings. The zero-order chi connectivity index (χ0) is 39.8. The van der Waals surface area contributed by atoms with E-state index in [1.54, 1.807) is 4.90 Å². The average molecular weight is 762 g/mol. The van der Waals surface area contributed by atoms with E-state index >= 15 is 0 Å². The Kier molecular flexibility index (Phi) is 16.2. The molecule has 2 aromatic carbocycles. The molecular formula is C36H46F3N7O8. The van der Waals surface area contributed by atoms with Crippen LogP contribution in [0.4, 0.5) is 13.2 Å². The molecule has 0 saturated carbocycles. The molecule has 0 spiro atoms. The zero-order valence-corrected chi connectivity index (χ0v) is 29.5. The number of amides is 4. The molecular weight excluding hydrogens is 715 g/mol. The number of carboxylic acids is 2. The summed E-state index contributed by atoms with van der Waals surface area (Å²) >= 11 is 0. The molecule has 18 heteroatoms. The Morgan fingerprint density at radius 2 is 1.46 bits per heavy atom. The number of alkyl halides is 3. The van der Waals surface area contributed by atoms with Crippen LogP contribution in [0.1, 0.15) is 62.5 Å². The van der Waals surface area contributed by atoms with Gasteiger partial charge < -0.3 is 42.5 Å². The van der Waals surface area contributed by atoms with Gasteiger partial charge in [0.05, 0.1) is 12.8 Å². The number of nitrogens with two attached hydrogens (primary N) is 2. The number of carbonyl (C=O) groups excluding carboxylic acids is 4. The first-order valence-corrected chi connectivity index (χ1v) is 17.4. The number of carboxylic acid groups (broad SMARTS) is 2. The maximum Gasteiger partial charge on any atom is 0.490 e. The Bertz CT molecular complexity index is 1620. The number of benzene rings is 2. The fourth-order valence-corrected chi connectivity index (χ4v) is 6.34. The lowest BCUT2D eigenvalue weighted by atomic mass is 9.97. The topological polar surface area (TPSA) is 247 Å². The molecule has 0 aliphatic carbocycles. The van der Waals surface area contributed by atoms with Crippen molar-refractivity contribution in [3.8, 4) is 0 Å². The number of nitrogens with one attached hydrogen (secondary N) is 3. The van der Waals surface area contributed by atoms with Crippen molar-refractivity contribution < 1.29 is 52.2 Å². The Hall–Kier alpha value is -5.68. The molecule has 9 N–H and O–H groups in total. The van der Waals surface area contributed by atoms with Crippen molar-refractivity contribution in [2.45, 2.75) is 101 Å². The molecule has 54 heavy (non-hydrogen) atoms. The molecule has 4 rings (SSSR count). The highest BCUT2D eigenvalue weighted by atomic mass is 19.4. The summed E-state index contributed by atoms with van der Waals surface area (Å²) < 4.78 is 31.7. The molecule has 2 fully saturated rings. The van der Waals surface area contributed by atoms with Gasteiger partial charge in [-0.1, -0.05) is 60.7 Å². The summed E-state index contributed by atoms with van der Waals surface area (Å²) in [5, 5.41) is 25.1. The number of fused-ring (bicyclic) bond motifs is 1. The minimum atomic E-state index is -5.08. The predicted molar refractivity (Wildman–Crippen MR) is 189 cm³/mol. The van der Waals surface area contributed by atoms with Gasteiger partial charge in [-0.15, -0.1) is 0 Å². The van der Waals surface area contributed by atoms with Crippen LogP contribution < -0.4 is 27.4 Å². The normalized spacial score (nSPS) is 18.8. The van der Waals surface area contributed by atoms with Crippen LogP contribution in [0.3, 0.4) is 0 Å². The monoisotopic (exact) mass is 761 g/mol. The third-order valence-corrected chi connectivity index (χ3v) is 8.90. The van der Waals surface area contributed by atoms with Crippen LogP contribution in [-0.2, 0) is 41.6 Å². The van der Waals surface area contributed by atoms with Crippen molar-refractivity contribution in [3.63, 3.8) is 0 Å². The van der Waals surface area contributed by atoms with Crippen molar-refractivity contribution in [2.75, 3.05) is 6.54 Å². The van der Waals surface area contributed by atoms with Crippen LogP contribution in [0.5, 0.6) is 0 Å². The van der Waals surface area contributed by atoms with Crippen LogP contribution in [0.15, 0.2) is 65.7 Å². The van der Waals surface area contributed by atoms with Gasteiger partial charge in [-0.05, 0) is 62.5 Å². The highest BCUT2D eigenvalue weighted by Gasteiger charge is 2.47. The number of nitrogens with zero attached hydrogens (tertiary/aromatic N) is 2. The van der Waals surface area contributed by atoms with Crippen molar-refractivity contribution in [1.82, 2.24) is 20.9 Å². The van der Waals surface area contributed by atoms with Gasteiger partial charge in [0.25, 0.3) is 0 Å². The van der Waals surface area contributed by atoms with Gasteiger partial charge in [0.2, 0.25) is 23.6 Å². The van der Waals surface area contributed by atoms with Gasteiger partial charge in [-0.25, -0.2) is 4.79 Å². The number of hydrogen-bond acceptors (Lipinski definition) is 7. The van der Waals surface area contributed by atoms with Gasteiger partial charge in [-0.2, -0.15) is 13.2 Å². The summed E-state index contributed by atoms with van der Waals surface area (Å²) in [6.07, 6.45) is -1.52. The van der Waals surface area contributed by atoms with Crippen LogP contribution >= 0.6 is 0 Å². The minimum absolute atomic E-state index is 0.0940. The smallest absolute Gasteiger partial charge is 0.481 e. The van der Waals surface area contributed by atoms with Gasteiger partial charge in [0, 0.05) is 18.6 Å². The molecule has 2 saturated heterocycles. The molecule has 3 unspecified atom stereocenters. The number of aryl methyl sites for hydroxylation is 1. The molecule has 0 radical (unpaired) electrons. The number of hydrogen-bond donors (Lipinski definition) is 7. The fourth-order valence-electron chi connectivity index (χ4n) is 6.34. The van der Waals surface area contributed by atoms with E-state index < -0.39 is 54.1 Å². The highest BCUT2D eigenvalue weighted by molar-refractivity contribution is 5.95. The van der Waals surface area contributed by atoms with E-state index in [2.05, 4.69) is 20.9 Å². The lowest BCUT2D eigenvalue weighted by molar-refractivity contribution is -0.192. The van der Waals surface area contributed by atoms with Crippen LogP contribution in [-0.4, -0.2) is 99.6 Å². The fraction of sp³-hybridized carbons (Fsp3) is 0.472. The number of aliphatic carboxylic acids is 2. The highest BCUT2D eigenvalue weighted by Crippen LogP contribution is 2.33. The minimum Gasteiger partial charge on any atom is -0.481 e. The van der Waals surface area contributed by atoms with E-state index in [1.807, 2.05) is 60.7 Å². The molecule has 4 amide bonds. The molecule has 2 aliphatic heterocycles. The first-order valence-electron chi connectivity index (χ1n) is 17.4. The third-order valence-electron chi connectivity index (χ3n) is 8.90. The van der Waals surface area contributed by atoms with Crippen LogP contribution in [0.2, 0.25) is 0 Å². The third kappa shape index (κ3) is 14.0. The molecule has 5 atom stereocenters. The van der Waals surface area contributed by atoms with Crippen LogP contribution in [0, 0.1) is 0 Å². The number of carbonyl (C=O) groups is 6. The predicted octanol–water partition coefficient (Wildman–Crippen LogP) is 1.63. The van der Waals surface area contributed by atoms with E-state index in [4.69, 9.17) is 21.4 Å². The van der Waals surface area contributed by atoms with E-state index in [1.165, 1.54) is 0 Å². The van der Waals surface area contributed by atoms with Crippen molar-refractivity contribution in [2.24, 2.45) is 16.5 Å². The van der Waals surface area contributed by atoms with Crippen molar-refractivity contribution in [3.05, 3.63) is 71.8 Å². The number of halogens is 3. The largest absolute Gasteiger partial charge is 0.490 e. The summed E-state index contributed by atoms with van der Waals surface area (Å²) in [6.45, 7) is 0.231. The average Bonchev–Trinajstić information content (AvgIpc) is 3.55. The first-order chi connectivity index (χ1) is 25.5. The lowest BCUT2D eigenvalue weighted by Crippen LogP contribution is -2.60. The zero-order valence-electron chi connectivity index (χ0n) is 29.5. The van der Waals surface area contributed by atoms with E-state index in [-0.39, 0.29) is 49.6 Å². The summed E-state index contributed by atoms with van der Waals surface area (Å²) in [4.78, 5) is 79.7. The van der Waals surface area contributed by atoms with Crippen molar-refractivity contribution in [1.29, 1.82) is 0 Å². The second-order valence-corrected chi connectivity index (χ2v) is 13.0. The van der Waals surface area contributed by atoms with E-state index in [0.29, 0.717) is 44.9 Å². The molecule has 2 heterocycles. The maximum absolute atomic E-state index is 13.7. The molecule has 0 aromatic heterocycles. The summed E-state index contributed by atoms with van der Waals surface area (Å²) in [6, 6.07) is 15.4. The van der Waals surface area contributed by atoms with Gasteiger partial charge in [0.15, 0.2) is 5.96 Å². The SMILES string of the molecule is NC(N)=NCCCC(NC(=O)[C@@H]1CCC2CCC(NC(=O)Cc3ccccc3)C(=O)N21)C(=O)N[C@H](CCc1ccccc1)CC(=O)O.O=C(O)C(F)(F)F. The number of rotatable bonds is 16. The summed E-state index contributed by atoms with van der Waals surface area (Å²) in [5.74, 6) is -5.48. The molecule has 2 aromatic rings. The number of piperidine rings is 1. The van der Waals surface area contributed by atoms with E-state index in [9.17, 15) is 42.3 Å². The molecule has 0 bridgehead atoms. The quantitative estimate of drug-likeness (QED) is 0.0740.